The third kappa shape index (κ3) is 3.57. The van der Waals surface area contributed by atoms with E-state index in [4.69, 9.17) is 5.11 Å². The van der Waals surface area contributed by atoms with Crippen molar-refractivity contribution in [2.75, 3.05) is 7.11 Å². The standard InChI is InChI=1S/C6H11NO4/c1-4(9)5(3-8)7-6(10)11-2/h3-5,9H,1-2H3,(H,7,10)/t4-,5-/m0/s1. The molecule has 0 aliphatic carbocycles. The van der Waals surface area contributed by atoms with Gasteiger partial charge in [-0.05, 0) is 6.92 Å². The van der Waals surface area contributed by atoms with Crippen LogP contribution in [0.25, 0.3) is 0 Å². The lowest BCUT2D eigenvalue weighted by Gasteiger charge is -2.13. The van der Waals surface area contributed by atoms with Crippen molar-refractivity contribution in [3.8, 4) is 0 Å². The number of alkyl carbamates (subject to hydrolysis) is 1. The van der Waals surface area contributed by atoms with Crippen LogP contribution in [0.4, 0.5) is 4.79 Å². The third-order valence-corrected chi connectivity index (χ3v) is 1.14. The third-order valence-electron chi connectivity index (χ3n) is 1.14. The van der Waals surface area contributed by atoms with E-state index in [2.05, 4.69) is 10.1 Å². The molecular weight excluding hydrogens is 150 g/mol. The normalized spacial score (nSPS) is 14.8. The first-order valence-electron chi connectivity index (χ1n) is 3.09. The second kappa shape index (κ2) is 4.68. The molecule has 0 fully saturated rings. The zero-order valence-electron chi connectivity index (χ0n) is 6.40. The summed E-state index contributed by atoms with van der Waals surface area (Å²) in [5.74, 6) is 0. The fourth-order valence-corrected chi connectivity index (χ4v) is 0.463. The van der Waals surface area contributed by atoms with E-state index in [0.717, 1.165) is 0 Å². The van der Waals surface area contributed by atoms with Crippen LogP contribution in [0, 0.1) is 0 Å². The molecule has 0 saturated heterocycles. The van der Waals surface area contributed by atoms with Crippen molar-refractivity contribution in [1.82, 2.24) is 5.32 Å². The molecule has 0 saturated carbocycles. The minimum atomic E-state index is -0.911. The summed E-state index contributed by atoms with van der Waals surface area (Å²) in [5, 5.41) is 11.0. The molecule has 1 amide bonds. The first-order chi connectivity index (χ1) is 5.11. The Kier molecular flexibility index (Phi) is 4.21. The topological polar surface area (TPSA) is 75.6 Å². The summed E-state index contributed by atoms with van der Waals surface area (Å²) in [7, 11) is 1.18. The number of hydrogen-bond acceptors (Lipinski definition) is 4. The van der Waals surface area contributed by atoms with Gasteiger partial charge in [0.1, 0.15) is 12.3 Å². The molecule has 0 aromatic heterocycles. The molecule has 2 N–H and O–H groups in total. The molecule has 0 aliphatic heterocycles. The van der Waals surface area contributed by atoms with Crippen molar-refractivity contribution in [2.45, 2.75) is 19.1 Å². The van der Waals surface area contributed by atoms with Crippen LogP contribution < -0.4 is 5.32 Å². The number of amides is 1. The Balaban J connectivity index is 3.87. The van der Waals surface area contributed by atoms with Crippen LogP contribution in [0.2, 0.25) is 0 Å². The summed E-state index contributed by atoms with van der Waals surface area (Å²) in [6.45, 7) is 1.40. The van der Waals surface area contributed by atoms with E-state index in [0.29, 0.717) is 6.29 Å². The van der Waals surface area contributed by atoms with Crippen LogP contribution in [0.3, 0.4) is 0 Å². The predicted molar refractivity (Wildman–Crippen MR) is 37.1 cm³/mol. The molecule has 0 rings (SSSR count). The molecule has 0 aliphatic rings. The number of methoxy groups -OCH3 is 1. The Morgan fingerprint density at radius 1 is 1.73 bits per heavy atom. The number of aldehydes is 1. The van der Waals surface area contributed by atoms with E-state index < -0.39 is 18.2 Å². The smallest absolute Gasteiger partial charge is 0.407 e. The molecule has 11 heavy (non-hydrogen) atoms. The lowest BCUT2D eigenvalue weighted by molar-refractivity contribution is -0.111. The average Bonchev–Trinajstić information content (AvgIpc) is 1.99. The van der Waals surface area contributed by atoms with Crippen molar-refractivity contribution in [1.29, 1.82) is 0 Å². The van der Waals surface area contributed by atoms with Gasteiger partial charge in [-0.2, -0.15) is 0 Å². The van der Waals surface area contributed by atoms with Crippen LogP contribution in [-0.2, 0) is 9.53 Å². The van der Waals surface area contributed by atoms with E-state index >= 15 is 0 Å². The highest BCUT2D eigenvalue weighted by atomic mass is 16.5. The highest BCUT2D eigenvalue weighted by Gasteiger charge is 2.15. The van der Waals surface area contributed by atoms with Crippen LogP contribution in [-0.4, -0.2) is 36.7 Å². The molecule has 0 unspecified atom stereocenters. The number of carbonyl (C=O) groups excluding carboxylic acids is 2. The highest BCUT2D eigenvalue weighted by Crippen LogP contribution is 1.88. The quantitative estimate of drug-likeness (QED) is 0.536. The van der Waals surface area contributed by atoms with Crippen molar-refractivity contribution in [3.63, 3.8) is 0 Å². The number of hydrogen-bond donors (Lipinski definition) is 2. The maximum atomic E-state index is 10.5. The number of aliphatic hydroxyl groups excluding tert-OH is 1. The number of nitrogens with one attached hydrogen (secondary N) is 1. The van der Waals surface area contributed by atoms with Crippen LogP contribution in [0.15, 0.2) is 0 Å². The zero-order chi connectivity index (χ0) is 8.85. The molecule has 2 atom stereocenters. The molecule has 5 heteroatoms. The van der Waals surface area contributed by atoms with E-state index in [1.807, 2.05) is 0 Å². The first-order valence-corrected chi connectivity index (χ1v) is 3.09. The lowest BCUT2D eigenvalue weighted by Crippen LogP contribution is -2.43. The maximum Gasteiger partial charge on any atom is 0.407 e. The molecule has 0 aromatic rings. The van der Waals surface area contributed by atoms with Crippen molar-refractivity contribution in [2.24, 2.45) is 0 Å². The van der Waals surface area contributed by atoms with Gasteiger partial charge >= 0.3 is 6.09 Å². The SMILES string of the molecule is COC(=O)N[C@@H](C=O)[C@H](C)O. The highest BCUT2D eigenvalue weighted by molar-refractivity contribution is 5.73. The second-order valence-corrected chi connectivity index (χ2v) is 2.04. The number of rotatable bonds is 3. The van der Waals surface area contributed by atoms with Gasteiger partial charge in [-0.25, -0.2) is 4.79 Å². The summed E-state index contributed by atoms with van der Waals surface area (Å²) in [5.41, 5.74) is 0. The predicted octanol–water partition coefficient (Wildman–Crippen LogP) is -0.709. The van der Waals surface area contributed by atoms with Gasteiger partial charge in [0.15, 0.2) is 0 Å². The Labute approximate surface area is 64.3 Å². The maximum absolute atomic E-state index is 10.5. The van der Waals surface area contributed by atoms with Gasteiger partial charge in [0, 0.05) is 0 Å². The number of carbonyl (C=O) groups is 2. The van der Waals surface area contributed by atoms with Gasteiger partial charge in [0.05, 0.1) is 13.2 Å². The van der Waals surface area contributed by atoms with E-state index in [1.54, 1.807) is 0 Å². The van der Waals surface area contributed by atoms with Gasteiger partial charge < -0.3 is 20.0 Å². The van der Waals surface area contributed by atoms with Crippen LogP contribution in [0.1, 0.15) is 6.92 Å². The molecular formula is C6H11NO4. The largest absolute Gasteiger partial charge is 0.453 e. The minimum Gasteiger partial charge on any atom is -0.453 e. The Bertz CT molecular complexity index is 146. The van der Waals surface area contributed by atoms with Crippen LogP contribution >= 0.6 is 0 Å². The van der Waals surface area contributed by atoms with Gasteiger partial charge in [-0.3, -0.25) is 0 Å². The van der Waals surface area contributed by atoms with Crippen molar-refractivity contribution >= 4 is 12.4 Å². The molecule has 0 heterocycles. The first kappa shape index (κ1) is 9.90. The van der Waals surface area contributed by atoms with Gasteiger partial charge in [0.2, 0.25) is 0 Å². The van der Waals surface area contributed by atoms with Crippen molar-refractivity contribution < 1.29 is 19.4 Å². The van der Waals surface area contributed by atoms with Gasteiger partial charge in [0.25, 0.3) is 0 Å². The molecule has 0 radical (unpaired) electrons. The zero-order valence-corrected chi connectivity index (χ0v) is 6.40. The van der Waals surface area contributed by atoms with Gasteiger partial charge in [-0.15, -0.1) is 0 Å². The lowest BCUT2D eigenvalue weighted by atomic mass is 10.2. The second-order valence-electron chi connectivity index (χ2n) is 2.04. The number of aliphatic hydroxyl groups is 1. The Morgan fingerprint density at radius 2 is 2.27 bits per heavy atom. The molecule has 0 aromatic carbocycles. The van der Waals surface area contributed by atoms with Crippen LogP contribution in [0.5, 0.6) is 0 Å². The Morgan fingerprint density at radius 3 is 2.55 bits per heavy atom. The molecule has 0 spiro atoms. The monoisotopic (exact) mass is 161 g/mol. The molecule has 64 valence electrons. The summed E-state index contributed by atoms with van der Waals surface area (Å²) >= 11 is 0. The molecule has 0 bridgehead atoms. The minimum absolute atomic E-state index is 0.446. The van der Waals surface area contributed by atoms with Gasteiger partial charge in [-0.1, -0.05) is 0 Å². The number of ether oxygens (including phenoxy) is 1. The summed E-state index contributed by atoms with van der Waals surface area (Å²) in [4.78, 5) is 20.6. The molecule has 5 nitrogen and oxygen atoms in total. The summed E-state index contributed by atoms with van der Waals surface area (Å²) in [6.07, 6.45) is -1.20. The fourth-order valence-electron chi connectivity index (χ4n) is 0.463. The Hall–Kier alpha value is -1.10. The average molecular weight is 161 g/mol. The van der Waals surface area contributed by atoms with E-state index in [1.165, 1.54) is 14.0 Å². The van der Waals surface area contributed by atoms with Crippen molar-refractivity contribution in [3.05, 3.63) is 0 Å². The van der Waals surface area contributed by atoms with E-state index in [9.17, 15) is 9.59 Å². The van der Waals surface area contributed by atoms with E-state index in [-0.39, 0.29) is 0 Å². The fraction of sp³-hybridized carbons (Fsp3) is 0.667. The summed E-state index contributed by atoms with van der Waals surface area (Å²) in [6, 6.07) is -0.901. The summed E-state index contributed by atoms with van der Waals surface area (Å²) < 4.78 is 4.21.